The second-order valence-electron chi connectivity index (χ2n) is 5.51. The number of hydrogen-bond donors (Lipinski definition) is 3. The first kappa shape index (κ1) is 20.0. The predicted molar refractivity (Wildman–Crippen MR) is 94.6 cm³/mol. The number of para-hydroxylation sites is 1. The third-order valence-electron chi connectivity index (χ3n) is 3.70. The summed E-state index contributed by atoms with van der Waals surface area (Å²) >= 11 is 0. The maximum absolute atomic E-state index is 9.99. The van der Waals surface area contributed by atoms with Crippen molar-refractivity contribution < 1.29 is 19.7 Å². The van der Waals surface area contributed by atoms with E-state index in [0.29, 0.717) is 13.1 Å². The molecule has 3 N–H and O–H groups in total. The van der Waals surface area contributed by atoms with Crippen molar-refractivity contribution in [1.29, 1.82) is 0 Å². The average molecular weight is 336 g/mol. The van der Waals surface area contributed by atoms with Crippen LogP contribution in [0.5, 0.6) is 5.75 Å². The number of benzene rings is 1. The smallest absolute Gasteiger partial charge is 0.404 e. The number of aliphatic hydroxyl groups excluding tert-OH is 1. The SMILES string of the molecule is C=CCc1ccccc1OC1CN(CC)CC1O.CCNC(=O)O. The largest absolute Gasteiger partial charge is 0.486 e. The van der Waals surface area contributed by atoms with Crippen LogP contribution < -0.4 is 10.1 Å². The minimum Gasteiger partial charge on any atom is -0.486 e. The molecule has 1 fully saturated rings. The fraction of sp³-hybridized carbons (Fsp3) is 0.500. The Balaban J connectivity index is 0.000000413. The van der Waals surface area contributed by atoms with Crippen LogP contribution >= 0.6 is 0 Å². The number of β-amino-alcohol motifs (C(OH)–C–C–N with tert-alkyl or cyclic N) is 1. The lowest BCUT2D eigenvalue weighted by Gasteiger charge is -2.18. The Morgan fingerprint density at radius 2 is 2.12 bits per heavy atom. The Bertz CT molecular complexity index is 521. The summed E-state index contributed by atoms with van der Waals surface area (Å²) in [5.74, 6) is 0.861. The summed E-state index contributed by atoms with van der Waals surface area (Å²) in [4.78, 5) is 11.7. The van der Waals surface area contributed by atoms with Gasteiger partial charge in [0.1, 0.15) is 18.0 Å². The van der Waals surface area contributed by atoms with E-state index in [1.807, 2.05) is 30.3 Å². The van der Waals surface area contributed by atoms with Gasteiger partial charge in [-0.2, -0.15) is 0 Å². The van der Waals surface area contributed by atoms with E-state index in [4.69, 9.17) is 9.84 Å². The van der Waals surface area contributed by atoms with E-state index < -0.39 is 12.2 Å². The third kappa shape index (κ3) is 6.60. The van der Waals surface area contributed by atoms with Crippen LogP contribution in [0.3, 0.4) is 0 Å². The molecule has 6 heteroatoms. The number of hydrogen-bond acceptors (Lipinski definition) is 4. The quantitative estimate of drug-likeness (QED) is 0.693. The van der Waals surface area contributed by atoms with Crippen molar-refractivity contribution in [3.63, 3.8) is 0 Å². The zero-order valence-electron chi connectivity index (χ0n) is 14.4. The molecule has 0 aliphatic carbocycles. The first-order valence-corrected chi connectivity index (χ1v) is 8.24. The number of rotatable bonds is 6. The van der Waals surface area contributed by atoms with Crippen LogP contribution in [0.2, 0.25) is 0 Å². The van der Waals surface area contributed by atoms with Crippen LogP contribution in [0, 0.1) is 0 Å². The first-order valence-electron chi connectivity index (χ1n) is 8.24. The zero-order valence-corrected chi connectivity index (χ0v) is 14.4. The fourth-order valence-electron chi connectivity index (χ4n) is 2.46. The van der Waals surface area contributed by atoms with Gasteiger partial charge in [0.25, 0.3) is 0 Å². The highest BCUT2D eigenvalue weighted by Crippen LogP contribution is 2.23. The first-order chi connectivity index (χ1) is 11.5. The topological polar surface area (TPSA) is 82.0 Å². The van der Waals surface area contributed by atoms with E-state index in [2.05, 4.69) is 23.7 Å². The Morgan fingerprint density at radius 1 is 1.42 bits per heavy atom. The summed E-state index contributed by atoms with van der Waals surface area (Å²) in [7, 11) is 0. The number of nitrogens with zero attached hydrogens (tertiary/aromatic N) is 1. The second-order valence-corrected chi connectivity index (χ2v) is 5.51. The van der Waals surface area contributed by atoms with Crippen LogP contribution in [-0.2, 0) is 6.42 Å². The van der Waals surface area contributed by atoms with Gasteiger partial charge in [-0.3, -0.25) is 4.90 Å². The van der Waals surface area contributed by atoms with Crippen molar-refractivity contribution >= 4 is 6.09 Å². The average Bonchev–Trinajstić information content (AvgIpc) is 2.90. The molecule has 2 unspecified atom stereocenters. The molecular formula is C18H28N2O4. The van der Waals surface area contributed by atoms with Crippen molar-refractivity contribution in [3.05, 3.63) is 42.5 Å². The zero-order chi connectivity index (χ0) is 17.9. The molecule has 1 saturated heterocycles. The van der Waals surface area contributed by atoms with Gasteiger partial charge in [0.15, 0.2) is 0 Å². The Labute approximate surface area is 143 Å². The highest BCUT2D eigenvalue weighted by molar-refractivity contribution is 5.64. The summed E-state index contributed by atoms with van der Waals surface area (Å²) in [6.07, 6.45) is 1.16. The van der Waals surface area contributed by atoms with Gasteiger partial charge < -0.3 is 20.3 Å². The Morgan fingerprint density at radius 3 is 2.62 bits per heavy atom. The van der Waals surface area contributed by atoms with Crippen molar-refractivity contribution in [1.82, 2.24) is 10.2 Å². The Kier molecular flexibility index (Phi) is 8.89. The molecule has 24 heavy (non-hydrogen) atoms. The number of aliphatic hydroxyl groups is 1. The minimum atomic E-state index is -0.961. The normalized spacial score (nSPS) is 20.0. The van der Waals surface area contributed by atoms with Crippen LogP contribution in [0.15, 0.2) is 36.9 Å². The number of nitrogens with one attached hydrogen (secondary N) is 1. The summed E-state index contributed by atoms with van der Waals surface area (Å²) in [5.41, 5.74) is 1.12. The molecule has 0 saturated carbocycles. The molecule has 134 valence electrons. The number of likely N-dealkylation sites (N-methyl/N-ethyl adjacent to an activating group) is 1. The summed E-state index contributed by atoms with van der Waals surface area (Å²) in [5, 5.41) is 19.9. The van der Waals surface area contributed by atoms with Crippen molar-refractivity contribution in [2.75, 3.05) is 26.2 Å². The van der Waals surface area contributed by atoms with Crippen LogP contribution in [0.25, 0.3) is 0 Å². The molecule has 1 aliphatic rings. The molecule has 6 nitrogen and oxygen atoms in total. The lowest BCUT2D eigenvalue weighted by Crippen LogP contribution is -2.30. The summed E-state index contributed by atoms with van der Waals surface area (Å²) in [6.45, 7) is 10.5. The molecular weight excluding hydrogens is 308 g/mol. The lowest BCUT2D eigenvalue weighted by molar-refractivity contribution is 0.0731. The fourth-order valence-corrected chi connectivity index (χ4v) is 2.46. The number of likely N-dealkylation sites (tertiary alicyclic amines) is 1. The number of carboxylic acid groups (broad SMARTS) is 1. The van der Waals surface area contributed by atoms with Gasteiger partial charge >= 0.3 is 6.09 Å². The van der Waals surface area contributed by atoms with E-state index in [-0.39, 0.29) is 6.10 Å². The van der Waals surface area contributed by atoms with E-state index in [0.717, 1.165) is 30.8 Å². The van der Waals surface area contributed by atoms with Gasteiger partial charge in [-0.05, 0) is 31.5 Å². The van der Waals surface area contributed by atoms with Crippen molar-refractivity contribution in [2.45, 2.75) is 32.5 Å². The molecule has 2 rings (SSSR count). The highest BCUT2D eigenvalue weighted by Gasteiger charge is 2.32. The van der Waals surface area contributed by atoms with Crippen molar-refractivity contribution in [3.8, 4) is 5.75 Å². The van der Waals surface area contributed by atoms with Crippen LogP contribution in [-0.4, -0.2) is 59.6 Å². The van der Waals surface area contributed by atoms with Gasteiger partial charge in [0.05, 0.1) is 0 Å². The molecule has 0 radical (unpaired) electrons. The predicted octanol–water partition coefficient (Wildman–Crippen LogP) is 2.13. The molecule has 0 bridgehead atoms. The Hall–Kier alpha value is -2.05. The molecule has 2 atom stereocenters. The lowest BCUT2D eigenvalue weighted by atomic mass is 10.1. The van der Waals surface area contributed by atoms with Gasteiger partial charge in [-0.25, -0.2) is 4.79 Å². The maximum atomic E-state index is 9.99. The van der Waals surface area contributed by atoms with Gasteiger partial charge in [0, 0.05) is 19.6 Å². The number of ether oxygens (including phenoxy) is 1. The van der Waals surface area contributed by atoms with E-state index in [1.54, 1.807) is 6.92 Å². The summed E-state index contributed by atoms with van der Waals surface area (Å²) < 4.78 is 5.96. The third-order valence-corrected chi connectivity index (χ3v) is 3.70. The monoisotopic (exact) mass is 336 g/mol. The van der Waals surface area contributed by atoms with Crippen LogP contribution in [0.1, 0.15) is 19.4 Å². The van der Waals surface area contributed by atoms with Gasteiger partial charge in [0.2, 0.25) is 0 Å². The van der Waals surface area contributed by atoms with E-state index >= 15 is 0 Å². The highest BCUT2D eigenvalue weighted by atomic mass is 16.5. The number of carbonyl (C=O) groups is 1. The van der Waals surface area contributed by atoms with Crippen molar-refractivity contribution in [2.24, 2.45) is 0 Å². The molecule has 1 aromatic carbocycles. The number of amides is 1. The maximum Gasteiger partial charge on any atom is 0.404 e. The van der Waals surface area contributed by atoms with Crippen LogP contribution in [0.4, 0.5) is 4.79 Å². The molecule has 1 amide bonds. The summed E-state index contributed by atoms with van der Waals surface area (Å²) in [6, 6.07) is 7.95. The van der Waals surface area contributed by atoms with Gasteiger partial charge in [-0.1, -0.05) is 31.2 Å². The van der Waals surface area contributed by atoms with E-state index in [1.165, 1.54) is 0 Å². The van der Waals surface area contributed by atoms with Gasteiger partial charge in [-0.15, -0.1) is 6.58 Å². The number of allylic oxidation sites excluding steroid dienone is 1. The standard InChI is InChI=1S/C15H21NO2.C3H7NO2/c1-3-7-12-8-5-6-9-14(12)18-15-11-16(4-2)10-13(15)17;1-2-4-3(5)6/h3,5-6,8-9,13,15,17H,1,4,7,10-11H2,2H3;4H,2H2,1H3,(H,5,6). The molecule has 0 aromatic heterocycles. The molecule has 0 spiro atoms. The second kappa shape index (κ2) is 10.7. The molecule has 1 aromatic rings. The molecule has 1 aliphatic heterocycles. The molecule has 1 heterocycles. The van der Waals surface area contributed by atoms with E-state index in [9.17, 15) is 9.90 Å². The minimum absolute atomic E-state index is 0.129.